The van der Waals surface area contributed by atoms with E-state index in [4.69, 9.17) is 0 Å². The first-order valence-corrected chi connectivity index (χ1v) is 12.6. The highest BCUT2D eigenvalue weighted by Crippen LogP contribution is 2.30. The van der Waals surface area contributed by atoms with Crippen LogP contribution in [0.2, 0.25) is 0 Å². The van der Waals surface area contributed by atoms with Crippen molar-refractivity contribution in [3.05, 3.63) is 77.0 Å². The van der Waals surface area contributed by atoms with Crippen molar-refractivity contribution < 1.29 is 13.2 Å². The van der Waals surface area contributed by atoms with Crippen LogP contribution in [-0.4, -0.2) is 34.2 Å². The first kappa shape index (κ1) is 21.3. The van der Waals surface area contributed by atoms with Crippen molar-refractivity contribution in [2.24, 2.45) is 0 Å². The maximum atomic E-state index is 13.5. The minimum atomic E-state index is -3.96. The summed E-state index contributed by atoms with van der Waals surface area (Å²) < 4.78 is 28.0. The lowest BCUT2D eigenvalue weighted by molar-refractivity contribution is -0.113. The molecule has 0 saturated heterocycles. The molecule has 0 unspecified atom stereocenters. The summed E-state index contributed by atoms with van der Waals surface area (Å²) >= 11 is 2.45. The number of rotatable bonds is 7. The first-order chi connectivity index (χ1) is 14.9. The zero-order chi connectivity index (χ0) is 21.8. The molecule has 0 radical (unpaired) electrons. The molecule has 2 aromatic heterocycles. The van der Waals surface area contributed by atoms with Gasteiger partial charge in [0.15, 0.2) is 5.82 Å². The van der Waals surface area contributed by atoms with E-state index in [9.17, 15) is 13.2 Å². The van der Waals surface area contributed by atoms with Crippen molar-refractivity contribution in [3.63, 3.8) is 0 Å². The maximum Gasteiger partial charge on any atom is 0.271 e. The normalized spacial score (nSPS) is 11.4. The minimum Gasteiger partial charge on any atom is -0.325 e. The molecule has 158 valence electrons. The Hall–Kier alpha value is -2.95. The molecule has 2 aromatic carbocycles. The van der Waals surface area contributed by atoms with E-state index < -0.39 is 10.0 Å². The number of thioether (sulfide) groups is 1. The molecule has 0 atom stereocenters. The van der Waals surface area contributed by atoms with Gasteiger partial charge in [-0.3, -0.25) is 4.79 Å². The van der Waals surface area contributed by atoms with Gasteiger partial charge in [0, 0.05) is 16.6 Å². The van der Waals surface area contributed by atoms with E-state index in [-0.39, 0.29) is 27.5 Å². The summed E-state index contributed by atoms with van der Waals surface area (Å²) in [7, 11) is -3.96. The van der Waals surface area contributed by atoms with Gasteiger partial charge in [0.25, 0.3) is 10.0 Å². The fourth-order valence-electron chi connectivity index (χ4n) is 2.80. The van der Waals surface area contributed by atoms with Gasteiger partial charge in [0.1, 0.15) is 0 Å². The summed E-state index contributed by atoms with van der Waals surface area (Å²) in [4.78, 5) is 12.5. The third-order valence-electron chi connectivity index (χ3n) is 4.32. The highest BCUT2D eigenvalue weighted by Gasteiger charge is 2.27. The van der Waals surface area contributed by atoms with Crippen molar-refractivity contribution in [2.45, 2.75) is 17.0 Å². The Kier molecular flexibility index (Phi) is 6.21. The number of carbonyl (C=O) groups is 1. The molecule has 4 aromatic rings. The minimum absolute atomic E-state index is 0.0138. The summed E-state index contributed by atoms with van der Waals surface area (Å²) in [5.41, 5.74) is 2.27. The quantitative estimate of drug-likeness (QED) is 0.405. The second-order valence-electron chi connectivity index (χ2n) is 6.60. The van der Waals surface area contributed by atoms with Crippen LogP contribution in [0.3, 0.4) is 0 Å². The van der Waals surface area contributed by atoms with Gasteiger partial charge in [0.05, 0.1) is 10.6 Å². The second-order valence-corrected chi connectivity index (χ2v) is 10.1. The Balaban J connectivity index is 1.65. The Bertz CT molecular complexity index is 1280. The number of hydrogen-bond donors (Lipinski definition) is 1. The van der Waals surface area contributed by atoms with Gasteiger partial charge in [-0.15, -0.1) is 10.2 Å². The number of aromatic nitrogens is 3. The van der Waals surface area contributed by atoms with Crippen LogP contribution in [0.1, 0.15) is 5.56 Å². The Morgan fingerprint density at radius 2 is 1.81 bits per heavy atom. The maximum absolute atomic E-state index is 13.5. The van der Waals surface area contributed by atoms with Crippen LogP contribution in [0.5, 0.6) is 0 Å². The summed E-state index contributed by atoms with van der Waals surface area (Å²) in [6.45, 7) is 1.89. The molecule has 31 heavy (non-hydrogen) atoms. The Labute approximate surface area is 188 Å². The molecule has 0 aliphatic carbocycles. The monoisotopic (exact) mass is 470 g/mol. The fraction of sp³-hybridized carbons (Fsp3) is 0.0952. The fourth-order valence-corrected chi connectivity index (χ4v) is 5.82. The molecule has 7 nitrogen and oxygen atoms in total. The van der Waals surface area contributed by atoms with Crippen LogP contribution in [0.4, 0.5) is 5.69 Å². The van der Waals surface area contributed by atoms with E-state index in [1.165, 1.54) is 11.3 Å². The van der Waals surface area contributed by atoms with Crippen LogP contribution < -0.4 is 5.32 Å². The molecule has 1 N–H and O–H groups in total. The molecule has 2 heterocycles. The first-order valence-electron chi connectivity index (χ1n) is 9.23. The van der Waals surface area contributed by atoms with E-state index >= 15 is 0 Å². The number of benzene rings is 2. The lowest BCUT2D eigenvalue weighted by Gasteiger charge is -2.11. The van der Waals surface area contributed by atoms with Gasteiger partial charge in [0.2, 0.25) is 11.1 Å². The molecular formula is C21H18N4O3S3. The number of thiophene rings is 1. The molecule has 0 aliphatic rings. The third-order valence-corrected chi connectivity index (χ3v) is 7.75. The van der Waals surface area contributed by atoms with E-state index in [0.717, 1.165) is 21.3 Å². The van der Waals surface area contributed by atoms with Crippen LogP contribution in [-0.2, 0) is 14.8 Å². The van der Waals surface area contributed by atoms with E-state index in [0.29, 0.717) is 11.3 Å². The lowest BCUT2D eigenvalue weighted by Crippen LogP contribution is -2.18. The molecule has 4 rings (SSSR count). The molecule has 0 aliphatic heterocycles. The molecule has 0 fully saturated rings. The van der Waals surface area contributed by atoms with Gasteiger partial charge >= 0.3 is 0 Å². The molecule has 0 saturated carbocycles. The number of para-hydroxylation sites is 1. The highest BCUT2D eigenvalue weighted by atomic mass is 32.2. The van der Waals surface area contributed by atoms with Gasteiger partial charge in [-0.2, -0.15) is 15.3 Å². The standard InChI is InChI=1S/C21H18N4O3S3/c1-15-7-9-18(10-8-15)31(27,28)25-20(16-11-12-29-13-16)23-24-21(25)30-14-19(26)22-17-5-3-2-4-6-17/h2-13H,14H2,1H3,(H,22,26). The molecule has 10 heteroatoms. The van der Waals surface area contributed by atoms with Crippen molar-refractivity contribution in [2.75, 3.05) is 11.1 Å². The van der Waals surface area contributed by atoms with Crippen molar-refractivity contribution in [3.8, 4) is 11.4 Å². The van der Waals surface area contributed by atoms with Gasteiger partial charge in [-0.05, 0) is 42.6 Å². The van der Waals surface area contributed by atoms with Crippen LogP contribution in [0.25, 0.3) is 11.4 Å². The zero-order valence-corrected chi connectivity index (χ0v) is 18.9. The third kappa shape index (κ3) is 4.71. The second kappa shape index (κ2) is 9.04. The van der Waals surface area contributed by atoms with Crippen molar-refractivity contribution in [1.82, 2.24) is 14.2 Å². The molecular weight excluding hydrogens is 452 g/mol. The molecule has 0 spiro atoms. The van der Waals surface area contributed by atoms with E-state index in [1.807, 2.05) is 35.9 Å². The zero-order valence-electron chi connectivity index (χ0n) is 16.4. The van der Waals surface area contributed by atoms with Gasteiger partial charge < -0.3 is 5.32 Å². The van der Waals surface area contributed by atoms with Crippen molar-refractivity contribution >= 4 is 44.7 Å². The molecule has 1 amide bonds. The van der Waals surface area contributed by atoms with Crippen molar-refractivity contribution in [1.29, 1.82) is 0 Å². The largest absolute Gasteiger partial charge is 0.325 e. The number of aryl methyl sites for hydroxylation is 1. The summed E-state index contributed by atoms with van der Waals surface area (Å²) in [6.07, 6.45) is 0. The predicted molar refractivity (Wildman–Crippen MR) is 123 cm³/mol. The van der Waals surface area contributed by atoms with E-state index in [1.54, 1.807) is 42.5 Å². The summed E-state index contributed by atoms with van der Waals surface area (Å²) in [5.74, 6) is -0.0663. The van der Waals surface area contributed by atoms with E-state index in [2.05, 4.69) is 15.5 Å². The van der Waals surface area contributed by atoms with Crippen LogP contribution in [0.15, 0.2) is 81.5 Å². The number of nitrogens with zero attached hydrogens (tertiary/aromatic N) is 3. The Morgan fingerprint density at radius 3 is 2.48 bits per heavy atom. The predicted octanol–water partition coefficient (Wildman–Crippen LogP) is 4.28. The summed E-state index contributed by atoms with van der Waals surface area (Å²) in [5, 5.41) is 14.8. The number of amides is 1. The van der Waals surface area contributed by atoms with Crippen LogP contribution >= 0.6 is 23.1 Å². The average molecular weight is 471 g/mol. The SMILES string of the molecule is Cc1ccc(S(=O)(=O)n2c(SCC(=O)Nc3ccccc3)nnc2-c2ccsc2)cc1. The highest BCUT2D eigenvalue weighted by molar-refractivity contribution is 8.00. The average Bonchev–Trinajstić information content (AvgIpc) is 3.43. The lowest BCUT2D eigenvalue weighted by atomic mass is 10.2. The topological polar surface area (TPSA) is 94.0 Å². The number of carbonyl (C=O) groups excluding carboxylic acids is 1. The molecule has 0 bridgehead atoms. The van der Waals surface area contributed by atoms with Gasteiger partial charge in [-0.1, -0.05) is 47.7 Å². The Morgan fingerprint density at radius 1 is 1.06 bits per heavy atom. The number of anilines is 1. The summed E-state index contributed by atoms with van der Waals surface area (Å²) in [6, 6.07) is 17.4. The smallest absolute Gasteiger partial charge is 0.271 e. The number of hydrogen-bond acceptors (Lipinski definition) is 7. The number of nitrogens with one attached hydrogen (secondary N) is 1. The van der Waals surface area contributed by atoms with Crippen LogP contribution in [0, 0.1) is 6.92 Å². The van der Waals surface area contributed by atoms with Gasteiger partial charge in [-0.25, -0.2) is 8.42 Å².